The van der Waals surface area contributed by atoms with Crippen LogP contribution in [-0.4, -0.2) is 55.1 Å². The first-order valence-corrected chi connectivity index (χ1v) is 11.8. The molecular formula is C27H26N6O4. The fourth-order valence-corrected chi connectivity index (χ4v) is 4.08. The second kappa shape index (κ2) is 11.5. The molecule has 37 heavy (non-hydrogen) atoms. The van der Waals surface area contributed by atoms with Crippen LogP contribution in [0.15, 0.2) is 52.7 Å². The fraction of sp³-hybridized carbons (Fsp3) is 0.259. The summed E-state index contributed by atoms with van der Waals surface area (Å²) < 4.78 is 5.07. The molecule has 3 aromatic rings. The zero-order valence-corrected chi connectivity index (χ0v) is 20.5. The molecule has 0 saturated carbocycles. The second-order valence-electron chi connectivity index (χ2n) is 8.30. The molecule has 0 atom stereocenters. The molecule has 10 heteroatoms. The topological polar surface area (TPSA) is 149 Å². The largest absolute Gasteiger partial charge is 0.396 e. The third-order valence-electron chi connectivity index (χ3n) is 5.94. The van der Waals surface area contributed by atoms with E-state index in [1.165, 1.54) is 0 Å². The van der Waals surface area contributed by atoms with Crippen molar-refractivity contribution >= 4 is 34.6 Å². The van der Waals surface area contributed by atoms with Crippen molar-refractivity contribution in [1.82, 2.24) is 4.98 Å². The van der Waals surface area contributed by atoms with Crippen molar-refractivity contribution in [1.29, 1.82) is 5.26 Å². The molecule has 0 amide bonds. The van der Waals surface area contributed by atoms with Gasteiger partial charge in [0.15, 0.2) is 17.4 Å². The van der Waals surface area contributed by atoms with E-state index in [9.17, 15) is 20.0 Å². The first kappa shape index (κ1) is 25.6. The number of carbonyl (C=O) groups excluding carboxylic acids is 2. The number of nitriles is 1. The molecule has 1 heterocycles. The maximum absolute atomic E-state index is 13.3. The summed E-state index contributed by atoms with van der Waals surface area (Å²) in [5.74, 6) is 0.194. The molecule has 0 radical (unpaired) electrons. The van der Waals surface area contributed by atoms with Gasteiger partial charge in [0.25, 0.3) is 0 Å². The van der Waals surface area contributed by atoms with Crippen LogP contribution in [0.2, 0.25) is 0 Å². The molecule has 10 nitrogen and oxygen atoms in total. The zero-order valence-electron chi connectivity index (χ0n) is 20.5. The molecule has 0 bridgehead atoms. The summed E-state index contributed by atoms with van der Waals surface area (Å²) >= 11 is 0. The van der Waals surface area contributed by atoms with Gasteiger partial charge in [-0.15, -0.1) is 10.2 Å². The number of methoxy groups -OCH3 is 1. The normalized spacial score (nSPS) is 12.3. The number of rotatable bonds is 10. The van der Waals surface area contributed by atoms with Gasteiger partial charge in [-0.2, -0.15) is 5.26 Å². The highest BCUT2D eigenvalue weighted by molar-refractivity contribution is 6.29. The van der Waals surface area contributed by atoms with Crippen molar-refractivity contribution in [3.8, 4) is 6.07 Å². The number of ether oxygens (including phenoxy) is 1. The monoisotopic (exact) mass is 498 g/mol. The number of aliphatic hydroxyl groups is 1. The van der Waals surface area contributed by atoms with Crippen molar-refractivity contribution in [3.05, 3.63) is 75.8 Å². The fourth-order valence-electron chi connectivity index (χ4n) is 4.08. The van der Waals surface area contributed by atoms with E-state index in [1.807, 2.05) is 0 Å². The van der Waals surface area contributed by atoms with E-state index >= 15 is 0 Å². The molecule has 4 rings (SSSR count). The van der Waals surface area contributed by atoms with Crippen molar-refractivity contribution in [2.45, 2.75) is 13.3 Å². The maximum atomic E-state index is 13.3. The molecule has 1 aliphatic rings. The van der Waals surface area contributed by atoms with Gasteiger partial charge < -0.3 is 20.5 Å². The molecule has 0 saturated heterocycles. The number of nitrogens with zero attached hydrogens (tertiary/aromatic N) is 4. The molecule has 188 valence electrons. The van der Waals surface area contributed by atoms with Crippen LogP contribution >= 0.6 is 0 Å². The summed E-state index contributed by atoms with van der Waals surface area (Å²) in [5, 5.41) is 34.0. The van der Waals surface area contributed by atoms with Gasteiger partial charge in [0.1, 0.15) is 17.6 Å². The Bertz CT molecular complexity index is 1430. The molecule has 1 aliphatic carbocycles. The number of anilines is 2. The van der Waals surface area contributed by atoms with Crippen molar-refractivity contribution in [2.24, 2.45) is 10.2 Å². The third kappa shape index (κ3) is 5.09. The van der Waals surface area contributed by atoms with E-state index < -0.39 is 0 Å². The number of benzene rings is 2. The van der Waals surface area contributed by atoms with Crippen LogP contribution in [0.4, 0.5) is 23.0 Å². The van der Waals surface area contributed by atoms with Crippen molar-refractivity contribution in [2.75, 3.05) is 44.0 Å². The molecule has 1 aromatic heterocycles. The van der Waals surface area contributed by atoms with Gasteiger partial charge >= 0.3 is 0 Å². The van der Waals surface area contributed by atoms with Gasteiger partial charge in [-0.25, -0.2) is 4.98 Å². The van der Waals surface area contributed by atoms with Gasteiger partial charge in [0.05, 0.1) is 23.4 Å². The Hall–Kier alpha value is -4.46. The molecule has 0 spiro atoms. The standard InChI is InChI=1S/C27H26N6O4/c1-16-20(15-28)26(30-12-14-37-2)31-27(29-11-6-13-34)23(16)33-32-21-10-5-9-19-22(21)25(36)18-8-4-3-7-17(18)24(19)35/h3-5,7-10,34H,6,11-14H2,1-2H3,(H2,29,30,31). The van der Waals surface area contributed by atoms with Crippen LogP contribution in [0.25, 0.3) is 0 Å². The van der Waals surface area contributed by atoms with Crippen LogP contribution in [0, 0.1) is 18.3 Å². The predicted octanol–water partition coefficient (Wildman–Crippen LogP) is 4.31. The zero-order chi connectivity index (χ0) is 26.4. The Morgan fingerprint density at radius 3 is 2.38 bits per heavy atom. The van der Waals surface area contributed by atoms with E-state index in [2.05, 4.69) is 31.9 Å². The average molecular weight is 499 g/mol. The lowest BCUT2D eigenvalue weighted by Crippen LogP contribution is -2.20. The SMILES string of the molecule is COCCNc1nc(NCCCO)c(N=Nc2cccc3c2C(=O)c2ccccc2C3=O)c(C)c1C#N. The lowest BCUT2D eigenvalue weighted by atomic mass is 9.83. The molecule has 3 N–H and O–H groups in total. The van der Waals surface area contributed by atoms with Gasteiger partial charge in [0, 0.05) is 49.1 Å². The van der Waals surface area contributed by atoms with Crippen LogP contribution < -0.4 is 10.6 Å². The number of aromatic nitrogens is 1. The lowest BCUT2D eigenvalue weighted by Gasteiger charge is -2.18. The lowest BCUT2D eigenvalue weighted by molar-refractivity contribution is 0.0979. The summed E-state index contributed by atoms with van der Waals surface area (Å²) in [4.78, 5) is 30.9. The van der Waals surface area contributed by atoms with Gasteiger partial charge in [-0.05, 0) is 19.4 Å². The number of nitrogens with one attached hydrogen (secondary N) is 2. The first-order chi connectivity index (χ1) is 18.0. The molecular weight excluding hydrogens is 472 g/mol. The number of pyridine rings is 1. The maximum Gasteiger partial charge on any atom is 0.196 e. The quantitative estimate of drug-likeness (QED) is 0.216. The Morgan fingerprint density at radius 2 is 1.68 bits per heavy atom. The number of fused-ring (bicyclic) bond motifs is 2. The smallest absolute Gasteiger partial charge is 0.196 e. The average Bonchev–Trinajstić information content (AvgIpc) is 2.91. The van der Waals surface area contributed by atoms with Crippen LogP contribution in [0.1, 0.15) is 49.4 Å². The minimum absolute atomic E-state index is 0.00811. The first-order valence-electron chi connectivity index (χ1n) is 11.8. The summed E-state index contributed by atoms with van der Waals surface area (Å²) in [6, 6.07) is 13.7. The summed E-state index contributed by atoms with van der Waals surface area (Å²) in [6.07, 6.45) is 0.478. The van der Waals surface area contributed by atoms with E-state index in [0.29, 0.717) is 65.7 Å². The highest BCUT2D eigenvalue weighted by Crippen LogP contribution is 2.37. The Kier molecular flexibility index (Phi) is 7.98. The second-order valence-corrected chi connectivity index (χ2v) is 8.30. The number of hydrogen-bond acceptors (Lipinski definition) is 10. The molecule has 0 fully saturated rings. The number of carbonyl (C=O) groups is 2. The van der Waals surface area contributed by atoms with Crippen molar-refractivity contribution < 1.29 is 19.4 Å². The highest BCUT2D eigenvalue weighted by Gasteiger charge is 2.31. The Balaban J connectivity index is 1.78. The minimum Gasteiger partial charge on any atom is -0.396 e. The minimum atomic E-state index is -0.300. The van der Waals surface area contributed by atoms with Crippen molar-refractivity contribution in [3.63, 3.8) is 0 Å². The number of aliphatic hydroxyl groups excluding tert-OH is 1. The van der Waals surface area contributed by atoms with E-state index in [4.69, 9.17) is 4.74 Å². The van der Waals surface area contributed by atoms with E-state index in [0.717, 1.165) is 0 Å². The highest BCUT2D eigenvalue weighted by atomic mass is 16.5. The summed E-state index contributed by atoms with van der Waals surface area (Å²) in [7, 11) is 1.58. The Labute approximate surface area is 214 Å². The van der Waals surface area contributed by atoms with Gasteiger partial charge in [-0.3, -0.25) is 9.59 Å². The third-order valence-corrected chi connectivity index (χ3v) is 5.94. The van der Waals surface area contributed by atoms with Crippen LogP contribution in [0.5, 0.6) is 0 Å². The van der Waals surface area contributed by atoms with Crippen LogP contribution in [0.3, 0.4) is 0 Å². The number of azo groups is 1. The summed E-state index contributed by atoms with van der Waals surface area (Å²) in [6.45, 7) is 3.02. The van der Waals surface area contributed by atoms with Gasteiger partial charge in [0.2, 0.25) is 0 Å². The van der Waals surface area contributed by atoms with Gasteiger partial charge in [-0.1, -0.05) is 36.4 Å². The number of ketones is 2. The molecule has 0 unspecified atom stereocenters. The predicted molar refractivity (Wildman–Crippen MR) is 138 cm³/mol. The summed E-state index contributed by atoms with van der Waals surface area (Å²) in [5.41, 5.74) is 2.54. The van der Waals surface area contributed by atoms with E-state index in [1.54, 1.807) is 56.5 Å². The molecule has 0 aliphatic heterocycles. The number of hydrogen-bond donors (Lipinski definition) is 3. The van der Waals surface area contributed by atoms with E-state index in [-0.39, 0.29) is 35.0 Å². The Morgan fingerprint density at radius 1 is 0.973 bits per heavy atom. The molecule has 2 aromatic carbocycles. The van der Waals surface area contributed by atoms with Crippen LogP contribution in [-0.2, 0) is 4.74 Å².